The van der Waals surface area contributed by atoms with Crippen molar-refractivity contribution in [3.05, 3.63) is 35.8 Å². The predicted octanol–water partition coefficient (Wildman–Crippen LogP) is 2.69. The molecule has 2 heterocycles. The Labute approximate surface area is 83.6 Å². The Hall–Kier alpha value is -1.31. The number of aromatic nitrogens is 2. The molecule has 2 nitrogen and oxygen atoms in total. The number of hydrogen-bond acceptors (Lipinski definition) is 1. The molecule has 0 unspecified atom stereocenters. The van der Waals surface area contributed by atoms with Crippen LogP contribution in [0.1, 0.15) is 31.0 Å². The molecule has 0 radical (unpaired) electrons. The van der Waals surface area contributed by atoms with E-state index in [-0.39, 0.29) is 0 Å². The second-order valence-corrected chi connectivity index (χ2v) is 4.61. The van der Waals surface area contributed by atoms with E-state index in [2.05, 4.69) is 42.8 Å². The van der Waals surface area contributed by atoms with Gasteiger partial charge < -0.3 is 4.40 Å². The van der Waals surface area contributed by atoms with E-state index in [4.69, 9.17) is 4.98 Å². The first-order chi connectivity index (χ1) is 6.69. The van der Waals surface area contributed by atoms with E-state index in [0.29, 0.717) is 5.41 Å². The molecule has 0 aliphatic heterocycles. The van der Waals surface area contributed by atoms with Crippen LogP contribution in [0, 0.1) is 6.92 Å². The van der Waals surface area contributed by atoms with Gasteiger partial charge in [-0.1, -0.05) is 13.0 Å². The van der Waals surface area contributed by atoms with Crippen molar-refractivity contribution >= 4 is 5.65 Å². The molecule has 72 valence electrons. The summed E-state index contributed by atoms with van der Waals surface area (Å²) >= 11 is 0. The van der Waals surface area contributed by atoms with Crippen LogP contribution < -0.4 is 0 Å². The average molecular weight is 186 g/mol. The molecule has 1 aliphatic carbocycles. The van der Waals surface area contributed by atoms with Crippen LogP contribution in [-0.2, 0) is 5.41 Å². The van der Waals surface area contributed by atoms with Crippen molar-refractivity contribution in [2.45, 2.75) is 32.1 Å². The second-order valence-electron chi connectivity index (χ2n) is 4.61. The molecular weight excluding hydrogens is 172 g/mol. The first kappa shape index (κ1) is 8.04. The Bertz CT molecular complexity index is 492. The van der Waals surface area contributed by atoms with Crippen LogP contribution in [0.5, 0.6) is 0 Å². The highest BCUT2D eigenvalue weighted by molar-refractivity contribution is 5.49. The standard InChI is InChI=1S/C12H14N2/c1-9-4-3-7-14-8-10(13-11(9)14)12(2)5-6-12/h3-4,7-8H,5-6H2,1-2H3. The summed E-state index contributed by atoms with van der Waals surface area (Å²) in [4.78, 5) is 4.71. The minimum Gasteiger partial charge on any atom is -0.307 e. The zero-order valence-corrected chi connectivity index (χ0v) is 8.62. The summed E-state index contributed by atoms with van der Waals surface area (Å²) in [6.07, 6.45) is 6.83. The molecule has 0 N–H and O–H groups in total. The van der Waals surface area contributed by atoms with E-state index >= 15 is 0 Å². The monoisotopic (exact) mass is 186 g/mol. The van der Waals surface area contributed by atoms with Gasteiger partial charge in [0, 0.05) is 17.8 Å². The molecule has 1 aliphatic rings. The Kier molecular flexibility index (Phi) is 1.37. The van der Waals surface area contributed by atoms with E-state index in [1.807, 2.05) is 0 Å². The van der Waals surface area contributed by atoms with E-state index in [1.54, 1.807) is 0 Å². The SMILES string of the molecule is Cc1cccn2cc(C3(C)CC3)nc12. The lowest BCUT2D eigenvalue weighted by Crippen LogP contribution is -1.98. The summed E-state index contributed by atoms with van der Waals surface area (Å²) in [5.74, 6) is 0. The van der Waals surface area contributed by atoms with Gasteiger partial charge in [0.15, 0.2) is 0 Å². The van der Waals surface area contributed by atoms with Crippen molar-refractivity contribution in [2.75, 3.05) is 0 Å². The number of nitrogens with zero attached hydrogens (tertiary/aromatic N) is 2. The minimum absolute atomic E-state index is 0.373. The second kappa shape index (κ2) is 2.38. The molecule has 0 aromatic carbocycles. The van der Waals surface area contributed by atoms with Gasteiger partial charge in [-0.25, -0.2) is 4.98 Å². The zero-order valence-electron chi connectivity index (χ0n) is 8.62. The van der Waals surface area contributed by atoms with Crippen molar-refractivity contribution in [1.29, 1.82) is 0 Å². The van der Waals surface area contributed by atoms with Gasteiger partial charge in [0.1, 0.15) is 5.65 Å². The van der Waals surface area contributed by atoms with Gasteiger partial charge in [-0.2, -0.15) is 0 Å². The maximum absolute atomic E-state index is 4.71. The summed E-state index contributed by atoms with van der Waals surface area (Å²) in [5, 5.41) is 0. The van der Waals surface area contributed by atoms with Crippen molar-refractivity contribution in [2.24, 2.45) is 0 Å². The molecule has 2 aromatic rings. The lowest BCUT2D eigenvalue weighted by molar-refractivity contribution is 0.759. The van der Waals surface area contributed by atoms with Crippen LogP contribution in [0.4, 0.5) is 0 Å². The van der Waals surface area contributed by atoms with E-state index in [9.17, 15) is 0 Å². The van der Waals surface area contributed by atoms with Crippen molar-refractivity contribution in [1.82, 2.24) is 9.38 Å². The number of imidazole rings is 1. The predicted molar refractivity (Wildman–Crippen MR) is 56.5 cm³/mol. The number of pyridine rings is 1. The summed E-state index contributed by atoms with van der Waals surface area (Å²) in [6, 6.07) is 4.18. The third-order valence-corrected chi connectivity index (χ3v) is 3.30. The lowest BCUT2D eigenvalue weighted by atomic mass is 10.1. The molecule has 0 saturated heterocycles. The molecule has 2 aromatic heterocycles. The normalized spacial score (nSPS) is 18.7. The highest BCUT2D eigenvalue weighted by Crippen LogP contribution is 2.46. The fourth-order valence-electron chi connectivity index (χ4n) is 1.89. The molecule has 1 fully saturated rings. The molecule has 3 rings (SSSR count). The van der Waals surface area contributed by atoms with Gasteiger partial charge in [-0.05, 0) is 31.4 Å². The molecule has 0 bridgehead atoms. The van der Waals surface area contributed by atoms with Crippen LogP contribution in [-0.4, -0.2) is 9.38 Å². The van der Waals surface area contributed by atoms with Gasteiger partial charge in [0.25, 0.3) is 0 Å². The van der Waals surface area contributed by atoms with E-state index in [0.717, 1.165) is 5.65 Å². The first-order valence-corrected chi connectivity index (χ1v) is 5.14. The fourth-order valence-corrected chi connectivity index (χ4v) is 1.89. The molecule has 2 heteroatoms. The lowest BCUT2D eigenvalue weighted by Gasteiger charge is -2.00. The van der Waals surface area contributed by atoms with Crippen LogP contribution in [0.25, 0.3) is 5.65 Å². The molecule has 0 atom stereocenters. The van der Waals surface area contributed by atoms with Gasteiger partial charge in [0.05, 0.1) is 5.69 Å². The van der Waals surface area contributed by atoms with Gasteiger partial charge >= 0.3 is 0 Å². The van der Waals surface area contributed by atoms with E-state index < -0.39 is 0 Å². The Balaban J connectivity index is 2.25. The Morgan fingerprint density at radius 2 is 2.21 bits per heavy atom. The number of aryl methyl sites for hydroxylation is 1. The number of hydrogen-bond donors (Lipinski definition) is 0. The highest BCUT2D eigenvalue weighted by atomic mass is 15.0. The summed E-state index contributed by atoms with van der Waals surface area (Å²) < 4.78 is 2.13. The third kappa shape index (κ3) is 0.999. The summed E-state index contributed by atoms with van der Waals surface area (Å²) in [5.41, 5.74) is 3.99. The van der Waals surface area contributed by atoms with Crippen molar-refractivity contribution in [3.8, 4) is 0 Å². The minimum atomic E-state index is 0.373. The Morgan fingerprint density at radius 1 is 1.43 bits per heavy atom. The first-order valence-electron chi connectivity index (χ1n) is 5.14. The number of fused-ring (bicyclic) bond motifs is 1. The average Bonchev–Trinajstić information content (AvgIpc) is 2.77. The molecule has 0 amide bonds. The smallest absolute Gasteiger partial charge is 0.139 e. The van der Waals surface area contributed by atoms with Gasteiger partial charge in [0.2, 0.25) is 0 Å². The quantitative estimate of drug-likeness (QED) is 0.669. The van der Waals surface area contributed by atoms with Crippen LogP contribution in [0.2, 0.25) is 0 Å². The molecule has 0 spiro atoms. The maximum Gasteiger partial charge on any atom is 0.139 e. The molecule has 1 saturated carbocycles. The van der Waals surface area contributed by atoms with Crippen LogP contribution in [0.15, 0.2) is 24.5 Å². The summed E-state index contributed by atoms with van der Waals surface area (Å²) in [7, 11) is 0. The molecule has 14 heavy (non-hydrogen) atoms. The van der Waals surface area contributed by atoms with Gasteiger partial charge in [-0.15, -0.1) is 0 Å². The van der Waals surface area contributed by atoms with Crippen molar-refractivity contribution in [3.63, 3.8) is 0 Å². The Morgan fingerprint density at radius 3 is 2.86 bits per heavy atom. The largest absolute Gasteiger partial charge is 0.307 e. The maximum atomic E-state index is 4.71. The van der Waals surface area contributed by atoms with Gasteiger partial charge in [-0.3, -0.25) is 0 Å². The van der Waals surface area contributed by atoms with E-state index in [1.165, 1.54) is 24.1 Å². The molecular formula is C12H14N2. The van der Waals surface area contributed by atoms with Crippen LogP contribution in [0.3, 0.4) is 0 Å². The summed E-state index contributed by atoms with van der Waals surface area (Å²) in [6.45, 7) is 4.41. The zero-order chi connectivity index (χ0) is 9.76. The highest BCUT2D eigenvalue weighted by Gasteiger charge is 2.41. The van der Waals surface area contributed by atoms with Crippen LogP contribution >= 0.6 is 0 Å². The topological polar surface area (TPSA) is 17.3 Å². The third-order valence-electron chi connectivity index (χ3n) is 3.30. The number of rotatable bonds is 1. The fraction of sp³-hybridized carbons (Fsp3) is 0.417. The van der Waals surface area contributed by atoms with Crippen molar-refractivity contribution < 1.29 is 0 Å².